The fraction of sp³-hybridized carbons (Fsp3) is 0.500. The van der Waals surface area contributed by atoms with Crippen molar-refractivity contribution in [3.8, 4) is 0 Å². The van der Waals surface area contributed by atoms with Gasteiger partial charge in [0.05, 0.1) is 6.20 Å². The van der Waals surface area contributed by atoms with E-state index >= 15 is 0 Å². The molecule has 18 heteroatoms. The van der Waals surface area contributed by atoms with E-state index < -0.39 is 48.8 Å². The lowest BCUT2D eigenvalue weighted by atomic mass is 9.92. The van der Waals surface area contributed by atoms with Gasteiger partial charge in [0.2, 0.25) is 6.21 Å². The summed E-state index contributed by atoms with van der Waals surface area (Å²) in [6.45, 7) is -1.68. The average Bonchev–Trinajstić information content (AvgIpc) is 3.18. The number of aromatic nitrogens is 3. The molecule has 0 unspecified atom stereocenters. The minimum Gasteiger partial charge on any atom is -0.623 e. The van der Waals surface area contributed by atoms with Crippen molar-refractivity contribution < 1.29 is 61.8 Å². The Morgan fingerprint density at radius 3 is 1.83 bits per heavy atom. The SMILES string of the molecule is [O-]/[N+](=C\c1cn(CCC(F)(F)C(F)(F)C(F)(F)C(F)(F)C(F)(F)C(F)(F)F)nn1)Cc1ccccc1. The predicted octanol–water partition coefficient (Wildman–Crippen LogP) is 5.54. The lowest BCUT2D eigenvalue weighted by molar-refractivity contribution is -0.469. The second-order valence-electron chi connectivity index (χ2n) is 7.35. The number of hydrogen-bond donors (Lipinski definition) is 0. The molecule has 1 aromatic heterocycles. The van der Waals surface area contributed by atoms with Crippen LogP contribution in [0.1, 0.15) is 17.7 Å². The van der Waals surface area contributed by atoms with Gasteiger partial charge in [-0.05, 0) is 0 Å². The second-order valence-corrected chi connectivity index (χ2v) is 7.35. The topological polar surface area (TPSA) is 56.8 Å². The molecule has 0 fully saturated rings. The quantitative estimate of drug-likeness (QED) is 0.129. The summed E-state index contributed by atoms with van der Waals surface area (Å²) in [7, 11) is 0. The normalized spacial score (nSPS) is 14.9. The van der Waals surface area contributed by atoms with Gasteiger partial charge >= 0.3 is 35.8 Å². The molecule has 1 heterocycles. The minimum atomic E-state index is -7.95. The number of aryl methyl sites for hydroxylation is 1. The molecule has 0 N–H and O–H groups in total. The summed E-state index contributed by atoms with van der Waals surface area (Å²) in [5.41, 5.74) is 0.199. The first-order valence-electron chi connectivity index (χ1n) is 9.36. The van der Waals surface area contributed by atoms with E-state index in [-0.39, 0.29) is 12.2 Å². The number of hydrogen-bond acceptors (Lipinski definition) is 3. The van der Waals surface area contributed by atoms with Crippen molar-refractivity contribution in [3.63, 3.8) is 0 Å². The number of benzene rings is 1. The summed E-state index contributed by atoms with van der Waals surface area (Å²) in [6.07, 6.45) is -8.46. The van der Waals surface area contributed by atoms with Gasteiger partial charge < -0.3 is 5.21 Å². The van der Waals surface area contributed by atoms with Crippen LogP contribution in [0.25, 0.3) is 0 Å². The molecule has 0 aliphatic rings. The van der Waals surface area contributed by atoms with Gasteiger partial charge in [-0.1, -0.05) is 35.5 Å². The molecule has 0 saturated heterocycles. The van der Waals surface area contributed by atoms with Crippen LogP contribution in [0.2, 0.25) is 0 Å². The van der Waals surface area contributed by atoms with Crippen molar-refractivity contribution in [2.45, 2.75) is 55.3 Å². The van der Waals surface area contributed by atoms with Crippen molar-refractivity contribution in [1.82, 2.24) is 15.0 Å². The summed E-state index contributed by atoms with van der Waals surface area (Å²) in [5.74, 6) is -37.2. The first kappa shape index (κ1) is 29.2. The molecule has 1 aromatic carbocycles. The molecule has 202 valence electrons. The van der Waals surface area contributed by atoms with Crippen LogP contribution in [0.5, 0.6) is 0 Å². The van der Waals surface area contributed by atoms with Crippen molar-refractivity contribution >= 4 is 6.21 Å². The monoisotopic (exact) mass is 548 g/mol. The summed E-state index contributed by atoms with van der Waals surface area (Å²) >= 11 is 0. The molecule has 0 atom stereocenters. The van der Waals surface area contributed by atoms with Gasteiger partial charge in [-0.2, -0.15) is 57.1 Å². The van der Waals surface area contributed by atoms with E-state index in [1.807, 2.05) is 0 Å². The first-order valence-corrected chi connectivity index (χ1v) is 9.36. The maximum absolute atomic E-state index is 13.8. The van der Waals surface area contributed by atoms with Crippen LogP contribution in [-0.4, -0.2) is 61.7 Å². The van der Waals surface area contributed by atoms with Gasteiger partial charge in [0.15, 0.2) is 12.2 Å². The van der Waals surface area contributed by atoms with Crippen molar-refractivity contribution in [1.29, 1.82) is 0 Å². The molecular formula is C18H13F13N4O. The fourth-order valence-electron chi connectivity index (χ4n) is 2.65. The Morgan fingerprint density at radius 2 is 1.31 bits per heavy atom. The number of alkyl halides is 13. The van der Waals surface area contributed by atoms with Gasteiger partial charge in [0.1, 0.15) is 0 Å². The molecule has 0 aliphatic heterocycles. The molecule has 0 saturated carbocycles. The van der Waals surface area contributed by atoms with Gasteiger partial charge in [-0.15, -0.1) is 5.10 Å². The zero-order valence-corrected chi connectivity index (χ0v) is 17.3. The number of halogens is 13. The number of nitrogens with zero attached hydrogens (tertiary/aromatic N) is 4. The van der Waals surface area contributed by atoms with Gasteiger partial charge in [0.25, 0.3) is 0 Å². The van der Waals surface area contributed by atoms with Crippen LogP contribution in [-0.2, 0) is 13.1 Å². The lowest BCUT2D eigenvalue weighted by Gasteiger charge is -2.39. The molecular weight excluding hydrogens is 535 g/mol. The Labute approximate surface area is 192 Å². The molecule has 36 heavy (non-hydrogen) atoms. The molecule has 0 amide bonds. The molecule has 5 nitrogen and oxygen atoms in total. The van der Waals surface area contributed by atoms with Gasteiger partial charge in [-0.3, -0.25) is 4.68 Å². The van der Waals surface area contributed by atoms with Crippen LogP contribution in [0.15, 0.2) is 36.5 Å². The van der Waals surface area contributed by atoms with Crippen molar-refractivity contribution in [2.24, 2.45) is 0 Å². The summed E-state index contributed by atoms with van der Waals surface area (Å²) in [4.78, 5) is 0. The van der Waals surface area contributed by atoms with E-state index in [0.717, 1.165) is 6.21 Å². The molecule has 0 aliphatic carbocycles. The van der Waals surface area contributed by atoms with Crippen molar-refractivity contribution in [2.75, 3.05) is 0 Å². The van der Waals surface area contributed by atoms with E-state index in [4.69, 9.17) is 0 Å². The van der Waals surface area contributed by atoms with E-state index in [1.54, 1.807) is 30.3 Å². The third-order valence-corrected chi connectivity index (χ3v) is 4.67. The van der Waals surface area contributed by atoms with Crippen LogP contribution < -0.4 is 0 Å². The Bertz CT molecular complexity index is 1060. The predicted molar refractivity (Wildman–Crippen MR) is 94.4 cm³/mol. The average molecular weight is 548 g/mol. The summed E-state index contributed by atoms with van der Waals surface area (Å²) in [5, 5.41) is 18.3. The summed E-state index contributed by atoms with van der Waals surface area (Å²) in [6, 6.07) is 8.02. The highest BCUT2D eigenvalue weighted by molar-refractivity contribution is 5.71. The maximum atomic E-state index is 13.8. The highest BCUT2D eigenvalue weighted by atomic mass is 19.4. The second kappa shape index (κ2) is 9.42. The lowest BCUT2D eigenvalue weighted by Crippen LogP contribution is -2.70. The Kier molecular flexibility index (Phi) is 7.63. The van der Waals surface area contributed by atoms with Crippen LogP contribution in [0.4, 0.5) is 57.1 Å². The molecule has 0 spiro atoms. The molecule has 2 rings (SSSR count). The third kappa shape index (κ3) is 5.21. The van der Waals surface area contributed by atoms with E-state index in [1.165, 1.54) is 0 Å². The smallest absolute Gasteiger partial charge is 0.460 e. The van der Waals surface area contributed by atoms with Crippen LogP contribution in [0.3, 0.4) is 0 Å². The van der Waals surface area contributed by atoms with E-state index in [2.05, 4.69) is 10.3 Å². The molecule has 0 bridgehead atoms. The standard InChI is InChI=1S/C18H13F13N4O/c19-13(20,14(21,22)15(23,24)16(25,26)17(27,28)18(29,30)31)6-7-34-9-12(32-33-34)10-35(36)8-11-4-2-1-3-5-11/h1-5,9-10H,6-8H2/b35-10-. The highest BCUT2D eigenvalue weighted by Crippen LogP contribution is 2.60. The van der Waals surface area contributed by atoms with E-state index in [9.17, 15) is 62.3 Å². The van der Waals surface area contributed by atoms with Crippen LogP contribution in [0, 0.1) is 5.21 Å². The molecule has 2 aromatic rings. The van der Waals surface area contributed by atoms with Crippen molar-refractivity contribution in [3.05, 3.63) is 53.0 Å². The number of rotatable bonds is 10. The zero-order chi connectivity index (χ0) is 27.8. The first-order chi connectivity index (χ1) is 16.2. The van der Waals surface area contributed by atoms with Gasteiger partial charge in [0, 0.05) is 18.5 Å². The summed E-state index contributed by atoms with van der Waals surface area (Å²) < 4.78 is 171. The van der Waals surface area contributed by atoms with Gasteiger partial charge in [-0.25, -0.2) is 4.74 Å². The molecule has 0 radical (unpaired) electrons. The Hall–Kier alpha value is -3.08. The number of hydroxylamine groups is 1. The van der Waals surface area contributed by atoms with E-state index in [0.29, 0.717) is 21.2 Å². The van der Waals surface area contributed by atoms with Crippen LogP contribution >= 0.6 is 0 Å². The Balaban J connectivity index is 2.18. The fourth-order valence-corrected chi connectivity index (χ4v) is 2.65. The largest absolute Gasteiger partial charge is 0.623 e. The third-order valence-electron chi connectivity index (χ3n) is 4.67. The zero-order valence-electron chi connectivity index (χ0n) is 17.3. The Morgan fingerprint density at radius 1 is 0.778 bits per heavy atom. The minimum absolute atomic E-state index is 0.218. The highest BCUT2D eigenvalue weighted by Gasteiger charge is 2.90. The maximum Gasteiger partial charge on any atom is 0.460 e.